The molecule has 3 N–H and O–H groups in total. The van der Waals surface area contributed by atoms with E-state index in [2.05, 4.69) is 33.0 Å². The molecule has 0 bridgehead atoms. The Morgan fingerprint density at radius 2 is 1.94 bits per heavy atom. The molecule has 0 fully saturated rings. The number of carbonyl (C=O) groups is 1. The lowest BCUT2D eigenvalue weighted by Gasteiger charge is -2.31. The van der Waals surface area contributed by atoms with Crippen LogP contribution >= 0.6 is 0 Å². The van der Waals surface area contributed by atoms with Crippen molar-refractivity contribution in [3.63, 3.8) is 0 Å². The molecule has 3 heteroatoms. The maximum atomic E-state index is 11.8. The second-order valence-corrected chi connectivity index (χ2v) is 5.63. The first kappa shape index (κ1) is 15.4. The summed E-state index contributed by atoms with van der Waals surface area (Å²) in [5.41, 5.74) is 5.50. The third kappa shape index (κ3) is 6.11. The van der Waals surface area contributed by atoms with Crippen LogP contribution in [0.1, 0.15) is 53.9 Å². The normalized spacial score (nSPS) is 16.9. The largest absolute Gasteiger partial charge is 0.350 e. The van der Waals surface area contributed by atoms with Crippen LogP contribution in [0.25, 0.3) is 0 Å². The minimum Gasteiger partial charge on any atom is -0.350 e. The average Bonchev–Trinajstić information content (AvgIpc) is 2.15. The van der Waals surface area contributed by atoms with Gasteiger partial charge in [0.05, 0.1) is 0 Å². The smallest absolute Gasteiger partial charge is 0.220 e. The number of nitrogens with two attached hydrogens (primary N) is 1. The third-order valence-electron chi connectivity index (χ3n) is 2.98. The summed E-state index contributed by atoms with van der Waals surface area (Å²) in [5, 5.41) is 3.08. The van der Waals surface area contributed by atoms with Crippen LogP contribution in [0.5, 0.6) is 0 Å². The van der Waals surface area contributed by atoms with Gasteiger partial charge in [-0.05, 0) is 25.2 Å². The first-order valence-electron chi connectivity index (χ1n) is 6.34. The second-order valence-electron chi connectivity index (χ2n) is 5.63. The molecule has 3 nitrogen and oxygen atoms in total. The van der Waals surface area contributed by atoms with Gasteiger partial charge in [0.15, 0.2) is 0 Å². The first-order valence-corrected chi connectivity index (χ1v) is 6.34. The highest BCUT2D eigenvalue weighted by Crippen LogP contribution is 2.16. The number of hydrogen-bond acceptors (Lipinski definition) is 2. The fraction of sp³-hybridized carbons (Fsp3) is 0.923. The van der Waals surface area contributed by atoms with Gasteiger partial charge in [0.25, 0.3) is 0 Å². The van der Waals surface area contributed by atoms with E-state index in [0.717, 1.165) is 12.8 Å². The molecule has 2 atom stereocenters. The van der Waals surface area contributed by atoms with Crippen LogP contribution in [-0.4, -0.2) is 18.0 Å². The average molecular weight is 228 g/mol. The Morgan fingerprint density at radius 3 is 2.31 bits per heavy atom. The first-order chi connectivity index (χ1) is 7.33. The number of rotatable bonds is 7. The highest BCUT2D eigenvalue weighted by molar-refractivity contribution is 5.77. The van der Waals surface area contributed by atoms with Gasteiger partial charge >= 0.3 is 0 Å². The zero-order valence-corrected chi connectivity index (χ0v) is 11.5. The van der Waals surface area contributed by atoms with Crippen molar-refractivity contribution in [2.45, 2.75) is 59.4 Å². The monoisotopic (exact) mass is 228 g/mol. The highest BCUT2D eigenvalue weighted by Gasteiger charge is 2.25. The topological polar surface area (TPSA) is 55.1 Å². The van der Waals surface area contributed by atoms with E-state index in [1.165, 1.54) is 0 Å². The lowest BCUT2D eigenvalue weighted by molar-refractivity contribution is -0.123. The maximum Gasteiger partial charge on any atom is 0.220 e. The van der Waals surface area contributed by atoms with Crippen LogP contribution in [0, 0.1) is 11.8 Å². The molecule has 0 radical (unpaired) electrons. The van der Waals surface area contributed by atoms with Gasteiger partial charge in [-0.25, -0.2) is 0 Å². The van der Waals surface area contributed by atoms with Crippen LogP contribution in [0.4, 0.5) is 0 Å². The van der Waals surface area contributed by atoms with Gasteiger partial charge in [0.1, 0.15) is 0 Å². The van der Waals surface area contributed by atoms with E-state index >= 15 is 0 Å². The number of amides is 1. The molecule has 0 saturated carbocycles. The summed E-state index contributed by atoms with van der Waals surface area (Å²) >= 11 is 0. The maximum absolute atomic E-state index is 11.8. The van der Waals surface area contributed by atoms with Gasteiger partial charge in [-0.15, -0.1) is 0 Å². The Hall–Kier alpha value is -0.570. The summed E-state index contributed by atoms with van der Waals surface area (Å²) in [5.74, 6) is 1.11. The van der Waals surface area contributed by atoms with Gasteiger partial charge < -0.3 is 11.1 Å². The SMILES string of the molecule is CCC(C)CC(=O)NC(C)(CN)CC(C)C. The van der Waals surface area contributed by atoms with Gasteiger partial charge in [-0.3, -0.25) is 4.79 Å². The van der Waals surface area contributed by atoms with E-state index in [0.29, 0.717) is 24.8 Å². The van der Waals surface area contributed by atoms with Crippen molar-refractivity contribution in [3.8, 4) is 0 Å². The van der Waals surface area contributed by atoms with E-state index in [1.54, 1.807) is 0 Å². The lowest BCUT2D eigenvalue weighted by Crippen LogP contribution is -2.52. The molecule has 0 aromatic carbocycles. The standard InChI is InChI=1S/C13H28N2O/c1-6-11(4)7-12(16)15-13(5,9-14)8-10(2)3/h10-11H,6-9,14H2,1-5H3,(H,15,16). The van der Waals surface area contributed by atoms with Crippen molar-refractivity contribution < 1.29 is 4.79 Å². The van der Waals surface area contributed by atoms with Crippen LogP contribution in [0.15, 0.2) is 0 Å². The summed E-state index contributed by atoms with van der Waals surface area (Å²) in [6.07, 6.45) is 2.57. The fourth-order valence-electron chi connectivity index (χ4n) is 1.93. The van der Waals surface area contributed by atoms with Crippen LogP contribution in [0.3, 0.4) is 0 Å². The summed E-state index contributed by atoms with van der Waals surface area (Å²) in [4.78, 5) is 11.8. The molecule has 0 aliphatic rings. The van der Waals surface area contributed by atoms with Crippen molar-refractivity contribution in [1.29, 1.82) is 0 Å². The molecule has 0 rings (SSSR count). The van der Waals surface area contributed by atoms with Crippen LogP contribution in [-0.2, 0) is 4.79 Å². The number of hydrogen-bond donors (Lipinski definition) is 2. The molecule has 0 heterocycles. The molecule has 0 spiro atoms. The van der Waals surface area contributed by atoms with E-state index < -0.39 is 0 Å². The summed E-state index contributed by atoms with van der Waals surface area (Å²) in [7, 11) is 0. The molecule has 96 valence electrons. The third-order valence-corrected chi connectivity index (χ3v) is 2.98. The molecule has 0 aromatic heterocycles. The van der Waals surface area contributed by atoms with E-state index in [4.69, 9.17) is 5.73 Å². The van der Waals surface area contributed by atoms with Crippen LogP contribution < -0.4 is 11.1 Å². The van der Waals surface area contributed by atoms with Crippen molar-refractivity contribution in [2.24, 2.45) is 17.6 Å². The molecular formula is C13H28N2O. The van der Waals surface area contributed by atoms with E-state index in [9.17, 15) is 4.79 Å². The molecule has 2 unspecified atom stereocenters. The summed E-state index contributed by atoms with van der Waals surface area (Å²) < 4.78 is 0. The Morgan fingerprint density at radius 1 is 1.38 bits per heavy atom. The van der Waals surface area contributed by atoms with Gasteiger partial charge in [-0.1, -0.05) is 34.1 Å². The van der Waals surface area contributed by atoms with Crippen molar-refractivity contribution in [3.05, 3.63) is 0 Å². The van der Waals surface area contributed by atoms with Crippen molar-refractivity contribution in [1.82, 2.24) is 5.32 Å². The number of carbonyl (C=O) groups excluding carboxylic acids is 1. The molecule has 16 heavy (non-hydrogen) atoms. The van der Waals surface area contributed by atoms with Crippen molar-refractivity contribution in [2.75, 3.05) is 6.54 Å². The second kappa shape index (κ2) is 6.89. The zero-order valence-electron chi connectivity index (χ0n) is 11.5. The van der Waals surface area contributed by atoms with Gasteiger partial charge in [0.2, 0.25) is 5.91 Å². The Bertz CT molecular complexity index is 216. The zero-order chi connectivity index (χ0) is 12.8. The molecule has 1 amide bonds. The molecule has 0 aliphatic carbocycles. The summed E-state index contributed by atoms with van der Waals surface area (Å²) in [6, 6.07) is 0. The predicted octanol–water partition coefficient (Wildman–Crippen LogP) is 2.30. The minimum atomic E-state index is -0.251. The van der Waals surface area contributed by atoms with Gasteiger partial charge in [0, 0.05) is 18.5 Å². The molecule has 0 saturated heterocycles. The summed E-state index contributed by atoms with van der Waals surface area (Å²) in [6.45, 7) is 11.0. The Balaban J connectivity index is 4.25. The van der Waals surface area contributed by atoms with E-state index in [-0.39, 0.29) is 11.4 Å². The quantitative estimate of drug-likeness (QED) is 0.702. The lowest BCUT2D eigenvalue weighted by atomic mass is 9.90. The van der Waals surface area contributed by atoms with Crippen molar-refractivity contribution >= 4 is 5.91 Å². The molecule has 0 aliphatic heterocycles. The fourth-order valence-corrected chi connectivity index (χ4v) is 1.93. The van der Waals surface area contributed by atoms with E-state index in [1.807, 2.05) is 6.92 Å². The molecule has 0 aromatic rings. The highest BCUT2D eigenvalue weighted by atomic mass is 16.1. The minimum absolute atomic E-state index is 0.128. The Kier molecular flexibility index (Phi) is 6.65. The van der Waals surface area contributed by atoms with Crippen LogP contribution in [0.2, 0.25) is 0 Å². The predicted molar refractivity (Wildman–Crippen MR) is 69.1 cm³/mol. The number of nitrogens with one attached hydrogen (secondary N) is 1. The van der Waals surface area contributed by atoms with Gasteiger partial charge in [-0.2, -0.15) is 0 Å². The molecular weight excluding hydrogens is 200 g/mol. The Labute approximate surface area is 100 Å².